The third-order valence-electron chi connectivity index (χ3n) is 15.1. The fraction of sp³-hybridized carbons (Fsp3) is 0.543. The van der Waals surface area contributed by atoms with E-state index in [-0.39, 0.29) is 17.9 Å². The quantitative estimate of drug-likeness (QED) is 0.194. The van der Waals surface area contributed by atoms with Crippen molar-refractivity contribution >= 4 is 34.5 Å². The average Bonchev–Trinajstić information content (AvgIpc) is 3.89. The van der Waals surface area contributed by atoms with E-state index >= 15 is 4.79 Å². The summed E-state index contributed by atoms with van der Waals surface area (Å²) in [4.78, 5) is 53.4. The molecule has 2 aromatic carbocycles. The summed E-state index contributed by atoms with van der Waals surface area (Å²) in [5.41, 5.74) is 1.10. The first-order chi connectivity index (χ1) is 27.9. The van der Waals surface area contributed by atoms with Crippen molar-refractivity contribution in [3.63, 3.8) is 0 Å². The molecular weight excluding hydrogens is 737 g/mol. The summed E-state index contributed by atoms with van der Waals surface area (Å²) in [6, 6.07) is 11.2. The molecule has 6 heterocycles. The van der Waals surface area contributed by atoms with E-state index in [1.165, 1.54) is 26.7 Å². The van der Waals surface area contributed by atoms with Crippen LogP contribution in [0.5, 0.6) is 5.75 Å². The molecule has 5 aliphatic heterocycles. The molecule has 9 atom stereocenters. The molecule has 1 saturated heterocycles. The Kier molecular flexibility index (Phi) is 9.18. The number of methoxy groups -OCH3 is 3. The van der Waals surface area contributed by atoms with E-state index in [9.17, 15) is 14.7 Å². The number of aromatic nitrogens is 1. The van der Waals surface area contributed by atoms with Crippen LogP contribution in [0.25, 0.3) is 10.9 Å². The predicted molar refractivity (Wildman–Crippen MR) is 219 cm³/mol. The van der Waals surface area contributed by atoms with E-state index in [4.69, 9.17) is 18.9 Å². The van der Waals surface area contributed by atoms with Gasteiger partial charge in [-0.25, -0.2) is 4.79 Å². The second-order valence-electron chi connectivity index (χ2n) is 17.5. The number of aromatic amines is 1. The maximum Gasteiger partial charge on any atom is 0.344 e. The highest BCUT2D eigenvalue weighted by Crippen LogP contribution is 2.68. The summed E-state index contributed by atoms with van der Waals surface area (Å²) in [7, 11) is 6.24. The lowest BCUT2D eigenvalue weighted by molar-refractivity contribution is -0.228. The maximum absolute atomic E-state index is 15.3. The largest absolute Gasteiger partial charge is 0.496 e. The van der Waals surface area contributed by atoms with Crippen LogP contribution in [0, 0.1) is 11.3 Å². The number of ether oxygens (including phenoxy) is 4. The van der Waals surface area contributed by atoms with Crippen LogP contribution < -0.4 is 9.64 Å². The molecule has 0 radical (unpaired) electrons. The topological polar surface area (TPSA) is 134 Å². The molecule has 1 aromatic heterocycles. The molecule has 1 saturated carbocycles. The number of carbonyl (C=O) groups excluding carboxylic acids is 3. The lowest BCUT2D eigenvalue weighted by Crippen LogP contribution is -2.81. The SMILES string of the molecule is CCC1=CC2CN(CCc3c([nH]c4ccccc34)[C@@](C(=O)OC)(c3cc4c(cc3OC)N(C)C3[C@]45CCN4CC=C[C@@](CC)([C@@H](OC(C)=O)[C@]3(O)C(=O)OC)[C@H]45)C2)C1. The summed E-state index contributed by atoms with van der Waals surface area (Å²) >= 11 is 0. The van der Waals surface area contributed by atoms with E-state index in [1.54, 1.807) is 7.11 Å². The third-order valence-corrected chi connectivity index (χ3v) is 15.1. The van der Waals surface area contributed by atoms with Crippen molar-refractivity contribution in [2.24, 2.45) is 11.3 Å². The number of nitrogens with one attached hydrogen (secondary N) is 1. The highest BCUT2D eigenvalue weighted by molar-refractivity contribution is 5.95. The fourth-order valence-electron chi connectivity index (χ4n) is 13.0. The monoisotopic (exact) mass is 792 g/mol. The molecule has 2 bridgehead atoms. The van der Waals surface area contributed by atoms with Gasteiger partial charge in [-0.05, 0) is 67.8 Å². The lowest BCUT2D eigenvalue weighted by atomic mass is 9.47. The molecule has 9 rings (SSSR count). The van der Waals surface area contributed by atoms with Crippen LogP contribution in [0.3, 0.4) is 0 Å². The van der Waals surface area contributed by atoms with Crippen molar-refractivity contribution < 1.29 is 38.4 Å². The number of benzene rings is 2. The molecule has 1 aliphatic carbocycles. The Morgan fingerprint density at radius 2 is 1.78 bits per heavy atom. The Hall–Kier alpha value is -4.65. The van der Waals surface area contributed by atoms with Gasteiger partial charge in [0, 0.05) is 90.9 Å². The van der Waals surface area contributed by atoms with Crippen molar-refractivity contribution in [3.05, 3.63) is 82.6 Å². The molecule has 3 aromatic rings. The van der Waals surface area contributed by atoms with Crippen LogP contribution in [0.4, 0.5) is 5.69 Å². The Balaban J connectivity index is 1.37. The van der Waals surface area contributed by atoms with E-state index in [0.29, 0.717) is 43.7 Å². The number of anilines is 1. The number of rotatable bonds is 7. The normalized spacial score (nSPS) is 34.7. The predicted octanol–water partition coefficient (Wildman–Crippen LogP) is 4.80. The second-order valence-corrected chi connectivity index (χ2v) is 17.5. The Bertz CT molecular complexity index is 2270. The summed E-state index contributed by atoms with van der Waals surface area (Å²) in [6.45, 7) is 9.44. The smallest absolute Gasteiger partial charge is 0.344 e. The number of fused-ring (bicyclic) bond motifs is 6. The number of hydrogen-bond acceptors (Lipinski definition) is 11. The minimum atomic E-state index is -2.28. The number of para-hydroxylation sites is 1. The summed E-state index contributed by atoms with van der Waals surface area (Å²) in [5.74, 6) is -1.31. The van der Waals surface area contributed by atoms with Gasteiger partial charge in [-0.1, -0.05) is 55.8 Å². The molecule has 12 heteroatoms. The van der Waals surface area contributed by atoms with Gasteiger partial charge in [-0.3, -0.25) is 19.4 Å². The fourth-order valence-corrected chi connectivity index (χ4v) is 13.0. The first kappa shape index (κ1) is 38.8. The molecule has 0 amide bonds. The third kappa shape index (κ3) is 4.94. The average molecular weight is 793 g/mol. The highest BCUT2D eigenvalue weighted by Gasteiger charge is 2.80. The van der Waals surface area contributed by atoms with Gasteiger partial charge in [0.05, 0.1) is 27.4 Å². The molecule has 308 valence electrons. The van der Waals surface area contributed by atoms with E-state index in [0.717, 1.165) is 65.9 Å². The van der Waals surface area contributed by atoms with Crippen LogP contribution in [0.2, 0.25) is 0 Å². The molecule has 2 N–H and O–H groups in total. The zero-order valence-corrected chi connectivity index (χ0v) is 34.7. The number of likely N-dealkylation sites (N-methyl/N-ethyl adjacent to an activating group) is 1. The van der Waals surface area contributed by atoms with E-state index in [2.05, 4.69) is 58.1 Å². The highest BCUT2D eigenvalue weighted by atomic mass is 16.6. The second kappa shape index (κ2) is 13.7. The van der Waals surface area contributed by atoms with Crippen LogP contribution in [-0.4, -0.2) is 123 Å². The minimum Gasteiger partial charge on any atom is -0.496 e. The molecule has 12 nitrogen and oxygen atoms in total. The summed E-state index contributed by atoms with van der Waals surface area (Å²) < 4.78 is 24.0. The van der Waals surface area contributed by atoms with Gasteiger partial charge in [0.25, 0.3) is 0 Å². The van der Waals surface area contributed by atoms with Gasteiger partial charge < -0.3 is 33.9 Å². The zero-order chi connectivity index (χ0) is 40.9. The molecule has 58 heavy (non-hydrogen) atoms. The van der Waals surface area contributed by atoms with Crippen molar-refractivity contribution in [1.29, 1.82) is 0 Å². The molecular formula is C46H56N4O8. The summed E-state index contributed by atoms with van der Waals surface area (Å²) in [6.07, 6.45) is 8.43. The van der Waals surface area contributed by atoms with Crippen molar-refractivity contribution in [2.75, 3.05) is 66.0 Å². The number of aliphatic hydroxyl groups is 1. The van der Waals surface area contributed by atoms with Crippen LogP contribution >= 0.6 is 0 Å². The lowest BCUT2D eigenvalue weighted by Gasteiger charge is -2.63. The van der Waals surface area contributed by atoms with Crippen molar-refractivity contribution in [1.82, 2.24) is 14.8 Å². The standard InChI is InChI=1S/C46H56N4O8/c1-8-28-21-29-24-45(41(52)56-6,37-31(15-19-49(25-28)26-29)30-13-10-11-14-34(30)47-37)33-22-32-35(23-36(33)55-5)48(4)39-44(32)17-20-50-18-12-16-43(9-2,38(44)50)40(58-27(3)51)46(39,54)42(53)57-7/h10-14,16,21-23,29,38-40,47,54H,8-9,15,17-20,24-26H2,1-7H3/t29?,38-,39?,40+,43+,44+,45-,46-/m0/s1. The van der Waals surface area contributed by atoms with Gasteiger partial charge in [-0.15, -0.1) is 0 Å². The Morgan fingerprint density at radius 3 is 2.48 bits per heavy atom. The van der Waals surface area contributed by atoms with Gasteiger partial charge in [0.15, 0.2) is 6.10 Å². The van der Waals surface area contributed by atoms with E-state index in [1.807, 2.05) is 37.1 Å². The van der Waals surface area contributed by atoms with E-state index < -0.39 is 45.9 Å². The first-order valence-corrected chi connectivity index (χ1v) is 20.8. The number of carbonyl (C=O) groups is 3. The van der Waals surface area contributed by atoms with Gasteiger partial charge in [-0.2, -0.15) is 0 Å². The number of hydrogen-bond donors (Lipinski definition) is 2. The van der Waals surface area contributed by atoms with Crippen molar-refractivity contribution in [2.45, 2.75) is 87.5 Å². The van der Waals surface area contributed by atoms with Crippen molar-refractivity contribution in [3.8, 4) is 5.75 Å². The zero-order valence-electron chi connectivity index (χ0n) is 34.7. The first-order valence-electron chi connectivity index (χ1n) is 20.8. The molecule has 6 aliphatic rings. The number of nitrogens with zero attached hydrogens (tertiary/aromatic N) is 3. The Labute approximate surface area is 340 Å². The van der Waals surface area contributed by atoms with Gasteiger partial charge >= 0.3 is 17.9 Å². The number of H-pyrrole nitrogens is 1. The maximum atomic E-state index is 15.3. The molecule has 3 unspecified atom stereocenters. The molecule has 1 spiro atoms. The summed E-state index contributed by atoms with van der Waals surface area (Å²) in [5, 5.41) is 14.4. The number of esters is 3. The minimum absolute atomic E-state index is 0.0217. The van der Waals surface area contributed by atoms with Gasteiger partial charge in [0.2, 0.25) is 5.60 Å². The molecule has 2 fully saturated rings. The van der Waals surface area contributed by atoms with Crippen LogP contribution in [-0.2, 0) is 45.8 Å². The van der Waals surface area contributed by atoms with Crippen LogP contribution in [0.1, 0.15) is 68.8 Å². The Morgan fingerprint density at radius 1 is 1.00 bits per heavy atom. The van der Waals surface area contributed by atoms with Gasteiger partial charge in [0.1, 0.15) is 11.2 Å². The van der Waals surface area contributed by atoms with Crippen LogP contribution in [0.15, 0.2) is 60.2 Å².